The number of piperazine rings is 1. The molecule has 6 nitrogen and oxygen atoms in total. The van der Waals surface area contributed by atoms with E-state index in [1.165, 1.54) is 0 Å². The lowest BCUT2D eigenvalue weighted by Gasteiger charge is -2.33. The number of anilines is 1. The van der Waals surface area contributed by atoms with Crippen LogP contribution in [0.2, 0.25) is 5.02 Å². The minimum Gasteiger partial charge on any atom is -0.490 e. The highest BCUT2D eigenvalue weighted by Crippen LogP contribution is 2.27. The lowest BCUT2D eigenvalue weighted by Crippen LogP contribution is -2.50. The van der Waals surface area contributed by atoms with Gasteiger partial charge in [0.15, 0.2) is 0 Å². The summed E-state index contributed by atoms with van der Waals surface area (Å²) in [7, 11) is 1.61. The van der Waals surface area contributed by atoms with Gasteiger partial charge in [0, 0.05) is 39.0 Å². The van der Waals surface area contributed by atoms with E-state index in [2.05, 4.69) is 16.1 Å². The molecular weight excluding hydrogens is 330 g/mol. The Balaban J connectivity index is 1.86. The normalized spacial score (nSPS) is 15.0. The van der Waals surface area contributed by atoms with Crippen molar-refractivity contribution in [2.24, 2.45) is 0 Å². The van der Waals surface area contributed by atoms with E-state index in [1.54, 1.807) is 30.2 Å². The van der Waals surface area contributed by atoms with Crippen molar-refractivity contribution in [1.82, 2.24) is 9.80 Å². The largest absolute Gasteiger partial charge is 0.490 e. The van der Waals surface area contributed by atoms with Gasteiger partial charge in [0.2, 0.25) is 0 Å². The number of rotatable bonds is 6. The highest BCUT2D eigenvalue weighted by Gasteiger charge is 2.20. The van der Waals surface area contributed by atoms with Gasteiger partial charge in [0.1, 0.15) is 12.4 Å². The molecule has 1 heterocycles. The molecule has 1 aromatic carbocycles. The SMILES string of the molecule is C#CCN1CCN(C(=O)Nc2ccc(OCCOC)c(Cl)c2)CC1. The van der Waals surface area contributed by atoms with Crippen LogP contribution >= 0.6 is 11.6 Å². The number of terminal acetylenes is 1. The molecule has 1 aliphatic rings. The Morgan fingerprint density at radius 2 is 2.08 bits per heavy atom. The van der Waals surface area contributed by atoms with Crippen LogP contribution in [0.5, 0.6) is 5.75 Å². The predicted molar refractivity (Wildman–Crippen MR) is 94.7 cm³/mol. The van der Waals surface area contributed by atoms with Crippen molar-refractivity contribution >= 4 is 23.3 Å². The number of hydrogen-bond acceptors (Lipinski definition) is 4. The van der Waals surface area contributed by atoms with Gasteiger partial charge < -0.3 is 19.7 Å². The van der Waals surface area contributed by atoms with Crippen LogP contribution in [0.1, 0.15) is 0 Å². The van der Waals surface area contributed by atoms with Crippen LogP contribution < -0.4 is 10.1 Å². The summed E-state index contributed by atoms with van der Waals surface area (Å²) in [5.74, 6) is 3.19. The molecule has 0 bridgehead atoms. The first-order valence-corrected chi connectivity index (χ1v) is 8.15. The van der Waals surface area contributed by atoms with Crippen molar-refractivity contribution in [3.63, 3.8) is 0 Å². The molecule has 0 aromatic heterocycles. The van der Waals surface area contributed by atoms with Gasteiger partial charge in [-0.25, -0.2) is 4.79 Å². The van der Waals surface area contributed by atoms with E-state index in [1.807, 2.05) is 0 Å². The number of halogens is 1. The number of amides is 2. The molecule has 2 rings (SSSR count). The summed E-state index contributed by atoms with van der Waals surface area (Å²) in [5, 5.41) is 3.30. The van der Waals surface area contributed by atoms with E-state index in [-0.39, 0.29) is 6.03 Å². The van der Waals surface area contributed by atoms with Crippen molar-refractivity contribution in [3.05, 3.63) is 23.2 Å². The maximum Gasteiger partial charge on any atom is 0.321 e. The van der Waals surface area contributed by atoms with E-state index in [0.717, 1.165) is 13.1 Å². The monoisotopic (exact) mass is 351 g/mol. The summed E-state index contributed by atoms with van der Waals surface area (Å²) in [5.41, 5.74) is 0.634. The molecular formula is C17H22ClN3O3. The molecule has 1 fully saturated rings. The topological polar surface area (TPSA) is 54.0 Å². The second kappa shape index (κ2) is 9.38. The molecule has 0 atom stereocenters. The minimum atomic E-state index is -0.139. The molecule has 0 unspecified atom stereocenters. The van der Waals surface area contributed by atoms with Crippen LogP contribution in [-0.4, -0.2) is 68.9 Å². The first-order valence-electron chi connectivity index (χ1n) is 7.77. The molecule has 0 aliphatic carbocycles. The lowest BCUT2D eigenvalue weighted by atomic mass is 10.3. The van der Waals surface area contributed by atoms with Gasteiger partial charge in [-0.3, -0.25) is 4.90 Å². The maximum atomic E-state index is 12.3. The fourth-order valence-corrected chi connectivity index (χ4v) is 2.61. The first-order chi connectivity index (χ1) is 11.6. The summed E-state index contributed by atoms with van der Waals surface area (Å²) in [4.78, 5) is 16.2. The molecule has 2 amide bonds. The van der Waals surface area contributed by atoms with Crippen LogP contribution in [0.15, 0.2) is 18.2 Å². The summed E-state index contributed by atoms with van der Waals surface area (Å²) >= 11 is 6.18. The van der Waals surface area contributed by atoms with Crippen LogP contribution in [0.25, 0.3) is 0 Å². The fourth-order valence-electron chi connectivity index (χ4n) is 2.37. The Hall–Kier alpha value is -1.94. The molecule has 130 valence electrons. The molecule has 0 spiro atoms. The van der Waals surface area contributed by atoms with Gasteiger partial charge in [0.05, 0.1) is 18.2 Å². The average molecular weight is 352 g/mol. The Labute approximate surface area is 147 Å². The third-order valence-corrected chi connectivity index (χ3v) is 4.00. The van der Waals surface area contributed by atoms with Gasteiger partial charge in [-0.05, 0) is 18.2 Å². The van der Waals surface area contributed by atoms with Gasteiger partial charge in [0.25, 0.3) is 0 Å². The third kappa shape index (κ3) is 5.31. The highest BCUT2D eigenvalue weighted by atomic mass is 35.5. The number of methoxy groups -OCH3 is 1. The molecule has 1 aromatic rings. The second-order valence-electron chi connectivity index (χ2n) is 5.38. The van der Waals surface area contributed by atoms with Crippen LogP contribution in [-0.2, 0) is 4.74 Å². The molecule has 1 aliphatic heterocycles. The second-order valence-corrected chi connectivity index (χ2v) is 5.79. The van der Waals surface area contributed by atoms with Crippen LogP contribution in [0, 0.1) is 12.3 Å². The van der Waals surface area contributed by atoms with E-state index < -0.39 is 0 Å². The molecule has 24 heavy (non-hydrogen) atoms. The Morgan fingerprint density at radius 1 is 1.33 bits per heavy atom. The molecule has 0 saturated carbocycles. The third-order valence-electron chi connectivity index (χ3n) is 3.70. The highest BCUT2D eigenvalue weighted by molar-refractivity contribution is 6.32. The van der Waals surface area contributed by atoms with Crippen molar-refractivity contribution in [2.45, 2.75) is 0 Å². The lowest BCUT2D eigenvalue weighted by molar-refractivity contribution is 0.146. The molecule has 1 N–H and O–H groups in total. The van der Waals surface area contributed by atoms with Crippen molar-refractivity contribution in [2.75, 3.05) is 58.4 Å². The van der Waals surface area contributed by atoms with Gasteiger partial charge in [-0.15, -0.1) is 6.42 Å². The first kappa shape index (κ1) is 18.4. The zero-order valence-corrected chi connectivity index (χ0v) is 14.5. The molecule has 7 heteroatoms. The van der Waals surface area contributed by atoms with Crippen molar-refractivity contribution in [3.8, 4) is 18.1 Å². The van der Waals surface area contributed by atoms with Crippen molar-refractivity contribution in [1.29, 1.82) is 0 Å². The summed E-state index contributed by atoms with van der Waals surface area (Å²) in [6, 6.07) is 5.04. The zero-order chi connectivity index (χ0) is 17.4. The van der Waals surface area contributed by atoms with Crippen molar-refractivity contribution < 1.29 is 14.3 Å². The summed E-state index contributed by atoms with van der Waals surface area (Å²) in [6.07, 6.45) is 5.31. The van der Waals surface area contributed by atoms with Crippen LogP contribution in [0.4, 0.5) is 10.5 Å². The Kier molecular flexibility index (Phi) is 7.19. The number of carbonyl (C=O) groups excluding carboxylic acids is 1. The number of nitrogens with zero attached hydrogens (tertiary/aromatic N) is 2. The maximum absolute atomic E-state index is 12.3. The van der Waals surface area contributed by atoms with Crippen LogP contribution in [0.3, 0.4) is 0 Å². The number of urea groups is 1. The minimum absolute atomic E-state index is 0.139. The number of benzene rings is 1. The number of ether oxygens (including phenoxy) is 2. The summed E-state index contributed by atoms with van der Waals surface area (Å²) in [6.45, 7) is 4.40. The molecule has 0 radical (unpaired) electrons. The van der Waals surface area contributed by atoms with Gasteiger partial charge in [-0.1, -0.05) is 17.5 Å². The molecule has 1 saturated heterocycles. The number of nitrogens with one attached hydrogen (secondary N) is 1. The van der Waals surface area contributed by atoms with Gasteiger partial charge >= 0.3 is 6.03 Å². The number of carbonyl (C=O) groups is 1. The fraction of sp³-hybridized carbons (Fsp3) is 0.471. The van der Waals surface area contributed by atoms with E-state index in [4.69, 9.17) is 27.5 Å². The Bertz CT molecular complexity index is 595. The predicted octanol–water partition coefficient (Wildman–Crippen LogP) is 2.15. The smallest absolute Gasteiger partial charge is 0.321 e. The quantitative estimate of drug-likeness (QED) is 0.630. The van der Waals surface area contributed by atoms with E-state index in [0.29, 0.717) is 49.3 Å². The van der Waals surface area contributed by atoms with E-state index >= 15 is 0 Å². The zero-order valence-electron chi connectivity index (χ0n) is 13.8. The average Bonchev–Trinajstić information content (AvgIpc) is 2.58. The summed E-state index contributed by atoms with van der Waals surface area (Å²) < 4.78 is 10.4. The Morgan fingerprint density at radius 3 is 2.71 bits per heavy atom. The number of hydrogen-bond donors (Lipinski definition) is 1. The van der Waals surface area contributed by atoms with Gasteiger partial charge in [-0.2, -0.15) is 0 Å². The van der Waals surface area contributed by atoms with E-state index in [9.17, 15) is 4.79 Å². The standard InChI is InChI=1S/C17H22ClN3O3/c1-3-6-20-7-9-21(10-8-20)17(22)19-14-4-5-16(15(18)13-14)24-12-11-23-2/h1,4-5,13H,6-12H2,2H3,(H,19,22).